The summed E-state index contributed by atoms with van der Waals surface area (Å²) in [5.41, 5.74) is 1.77. The average Bonchev–Trinajstić information content (AvgIpc) is 3.35. The molecule has 0 spiro atoms. The largest absolute Gasteiger partial charge is 0.494 e. The predicted octanol–water partition coefficient (Wildman–Crippen LogP) is 3.18. The number of rotatable bonds is 11. The summed E-state index contributed by atoms with van der Waals surface area (Å²) in [5.74, 6) is 1.77. The lowest BCUT2D eigenvalue weighted by molar-refractivity contribution is 0.0947. The van der Waals surface area contributed by atoms with Crippen LogP contribution in [0, 0.1) is 6.92 Å². The average molecular weight is 554 g/mol. The first-order valence-corrected chi connectivity index (χ1v) is 13.8. The number of para-hydroxylation sites is 1. The van der Waals surface area contributed by atoms with Gasteiger partial charge in [0.1, 0.15) is 40.6 Å². The van der Waals surface area contributed by atoms with Crippen LogP contribution in [-0.2, 0) is 20.3 Å². The third-order valence-electron chi connectivity index (χ3n) is 6.22. The van der Waals surface area contributed by atoms with E-state index in [4.69, 9.17) is 14.2 Å². The van der Waals surface area contributed by atoms with E-state index in [2.05, 4.69) is 30.5 Å². The second-order valence-corrected chi connectivity index (χ2v) is 11.1. The van der Waals surface area contributed by atoms with Crippen molar-refractivity contribution in [2.75, 3.05) is 33.7 Å². The number of aryl methyl sites for hydroxylation is 1. The lowest BCUT2D eigenvalue weighted by atomic mass is 10.2. The maximum Gasteiger partial charge on any atom is 0.187 e. The molecule has 1 N–H and O–H groups in total. The Balaban J connectivity index is 1.85. The van der Waals surface area contributed by atoms with Gasteiger partial charge in [-0.25, -0.2) is 23.4 Å². The maximum absolute atomic E-state index is 13.8. The van der Waals surface area contributed by atoms with Gasteiger partial charge in [0.2, 0.25) is 0 Å². The summed E-state index contributed by atoms with van der Waals surface area (Å²) in [6, 6.07) is 10.6. The molecule has 0 saturated carbocycles. The number of ether oxygens (including phenoxy) is 3. The zero-order valence-electron chi connectivity index (χ0n) is 22.6. The Morgan fingerprint density at radius 2 is 1.62 bits per heavy atom. The van der Waals surface area contributed by atoms with Crippen molar-refractivity contribution in [3.05, 3.63) is 66.0 Å². The highest BCUT2D eigenvalue weighted by atomic mass is 32.2. The highest BCUT2D eigenvalue weighted by Gasteiger charge is 2.35. The van der Waals surface area contributed by atoms with Crippen LogP contribution >= 0.6 is 0 Å². The molecule has 0 unspecified atom stereocenters. The molecule has 0 aliphatic rings. The van der Waals surface area contributed by atoms with Gasteiger partial charge < -0.3 is 19.5 Å². The lowest BCUT2D eigenvalue weighted by Gasteiger charge is -2.22. The molecule has 0 bridgehead atoms. The topological polar surface area (TPSA) is 143 Å². The number of nitrogens with one attached hydrogen (secondary N) is 1. The van der Waals surface area contributed by atoms with Crippen LogP contribution in [0.2, 0.25) is 0 Å². The summed E-state index contributed by atoms with van der Waals surface area (Å²) in [4.78, 5) is 13.2. The zero-order chi connectivity index (χ0) is 28.2. The Bertz CT molecular complexity index is 1520. The third-order valence-corrected chi connectivity index (χ3v) is 8.26. The fourth-order valence-corrected chi connectivity index (χ4v) is 5.54. The van der Waals surface area contributed by atoms with Crippen molar-refractivity contribution in [3.8, 4) is 28.7 Å². The predicted molar refractivity (Wildman–Crippen MR) is 146 cm³/mol. The molecule has 3 heterocycles. The highest BCUT2D eigenvalue weighted by molar-refractivity contribution is 7.91. The van der Waals surface area contributed by atoms with E-state index < -0.39 is 26.9 Å². The minimum Gasteiger partial charge on any atom is -0.494 e. The van der Waals surface area contributed by atoms with Crippen LogP contribution < -0.4 is 14.8 Å². The second-order valence-electron chi connectivity index (χ2n) is 8.73. The molecule has 0 radical (unpaired) electrons. The molecular weight excluding hydrogens is 522 g/mol. The van der Waals surface area contributed by atoms with Crippen LogP contribution in [0.1, 0.15) is 30.2 Å². The molecule has 2 atom stereocenters. The number of aromatic nitrogens is 6. The molecule has 1 aromatic carbocycles. The maximum atomic E-state index is 13.8. The Kier molecular flexibility index (Phi) is 8.41. The van der Waals surface area contributed by atoms with Gasteiger partial charge in [-0.2, -0.15) is 0 Å². The first-order chi connectivity index (χ1) is 18.7. The van der Waals surface area contributed by atoms with Crippen LogP contribution in [0.3, 0.4) is 0 Å². The molecule has 0 fully saturated rings. The molecule has 4 aromatic rings. The van der Waals surface area contributed by atoms with Crippen molar-refractivity contribution in [2.45, 2.75) is 31.0 Å². The van der Waals surface area contributed by atoms with Crippen LogP contribution in [0.15, 0.2) is 48.8 Å². The molecule has 0 amide bonds. The van der Waals surface area contributed by atoms with Gasteiger partial charge in [-0.05, 0) is 43.7 Å². The standard InChI is InChI=1S/C26H31N7O5S/c1-16-13-28-25(29-14-16)24(38-6)17(2)39(34,35)15-22-31-32-26(18-9-7-12-21(27-3)30-18)33(22)23-19(36-4)10-8-11-20(23)37-5/h7-14,17,24H,15H2,1-6H3,(H,27,30)/t17-,24-/m0/s1. The molecule has 206 valence electrons. The summed E-state index contributed by atoms with van der Waals surface area (Å²) >= 11 is 0. The molecule has 0 aliphatic carbocycles. The quantitative estimate of drug-likeness (QED) is 0.292. The van der Waals surface area contributed by atoms with Gasteiger partial charge in [0.15, 0.2) is 27.3 Å². The number of sulfone groups is 1. The number of hydrogen-bond acceptors (Lipinski definition) is 11. The Labute approximate surface area is 227 Å². The summed E-state index contributed by atoms with van der Waals surface area (Å²) in [6.45, 7) is 3.42. The van der Waals surface area contributed by atoms with Gasteiger partial charge in [0.25, 0.3) is 0 Å². The van der Waals surface area contributed by atoms with Gasteiger partial charge in [0, 0.05) is 26.6 Å². The summed E-state index contributed by atoms with van der Waals surface area (Å²) < 4.78 is 46.0. The molecule has 4 rings (SSSR count). The van der Waals surface area contributed by atoms with Crippen molar-refractivity contribution in [3.63, 3.8) is 0 Å². The number of methoxy groups -OCH3 is 3. The van der Waals surface area contributed by atoms with Crippen molar-refractivity contribution in [1.29, 1.82) is 0 Å². The molecule has 39 heavy (non-hydrogen) atoms. The third kappa shape index (κ3) is 5.68. The highest BCUT2D eigenvalue weighted by Crippen LogP contribution is 2.37. The van der Waals surface area contributed by atoms with Crippen LogP contribution in [0.5, 0.6) is 11.5 Å². The van der Waals surface area contributed by atoms with E-state index in [1.54, 1.807) is 61.3 Å². The van der Waals surface area contributed by atoms with Crippen molar-refractivity contribution in [2.24, 2.45) is 0 Å². The van der Waals surface area contributed by atoms with E-state index in [0.717, 1.165) is 5.56 Å². The first kappa shape index (κ1) is 27.9. The fourth-order valence-electron chi connectivity index (χ4n) is 4.12. The van der Waals surface area contributed by atoms with Gasteiger partial charge in [-0.15, -0.1) is 10.2 Å². The van der Waals surface area contributed by atoms with Gasteiger partial charge in [-0.3, -0.25) is 4.57 Å². The van der Waals surface area contributed by atoms with Gasteiger partial charge in [-0.1, -0.05) is 12.1 Å². The zero-order valence-corrected chi connectivity index (χ0v) is 23.4. The monoisotopic (exact) mass is 553 g/mol. The number of hydrogen-bond donors (Lipinski definition) is 1. The normalized spacial score (nSPS) is 13.1. The molecule has 0 saturated heterocycles. The van der Waals surface area contributed by atoms with E-state index in [0.29, 0.717) is 34.5 Å². The van der Waals surface area contributed by atoms with Gasteiger partial charge >= 0.3 is 0 Å². The molecule has 3 aromatic heterocycles. The number of pyridine rings is 1. The van der Waals surface area contributed by atoms with Crippen molar-refractivity contribution in [1.82, 2.24) is 29.7 Å². The Hall–Kier alpha value is -4.10. The molecule has 12 nitrogen and oxygen atoms in total. The Morgan fingerprint density at radius 3 is 2.21 bits per heavy atom. The fraction of sp³-hybridized carbons (Fsp3) is 0.346. The molecule has 0 aliphatic heterocycles. The number of nitrogens with zero attached hydrogens (tertiary/aromatic N) is 6. The minimum atomic E-state index is -3.88. The van der Waals surface area contributed by atoms with Crippen LogP contribution in [-0.4, -0.2) is 71.8 Å². The summed E-state index contributed by atoms with van der Waals surface area (Å²) in [7, 11) is 2.35. The van der Waals surface area contributed by atoms with Crippen LogP contribution in [0.4, 0.5) is 5.82 Å². The molecule has 13 heteroatoms. The van der Waals surface area contributed by atoms with Crippen molar-refractivity contribution < 1.29 is 22.6 Å². The smallest absolute Gasteiger partial charge is 0.187 e. The summed E-state index contributed by atoms with van der Waals surface area (Å²) in [6.07, 6.45) is 2.36. The number of benzene rings is 1. The second kappa shape index (κ2) is 11.7. The Morgan fingerprint density at radius 1 is 0.974 bits per heavy atom. The minimum absolute atomic E-state index is 0.149. The van der Waals surface area contributed by atoms with E-state index in [-0.39, 0.29) is 11.6 Å². The van der Waals surface area contributed by atoms with E-state index in [9.17, 15) is 8.42 Å². The van der Waals surface area contributed by atoms with Crippen LogP contribution in [0.25, 0.3) is 17.2 Å². The number of anilines is 1. The summed E-state index contributed by atoms with van der Waals surface area (Å²) in [5, 5.41) is 10.7. The lowest BCUT2D eigenvalue weighted by Crippen LogP contribution is -2.30. The molecular formula is C26H31N7O5S. The SMILES string of the molecule is CNc1cccc(-c2nnc(CS(=O)(=O)[C@@H](C)[C@H](OC)c3ncc(C)cn3)n2-c2c(OC)cccc2OC)n1. The van der Waals surface area contributed by atoms with E-state index in [1.165, 1.54) is 21.3 Å². The van der Waals surface area contributed by atoms with E-state index >= 15 is 0 Å². The first-order valence-electron chi connectivity index (χ1n) is 12.1. The van der Waals surface area contributed by atoms with Crippen molar-refractivity contribution >= 4 is 15.7 Å². The van der Waals surface area contributed by atoms with Gasteiger partial charge in [0.05, 0.1) is 19.5 Å². The van der Waals surface area contributed by atoms with E-state index in [1.807, 2.05) is 13.0 Å².